The predicted octanol–water partition coefficient (Wildman–Crippen LogP) is 2.16. The molecule has 3 amide bonds. The number of nitrogens with one attached hydrogen (secondary N) is 2. The molecule has 0 aliphatic heterocycles. The highest BCUT2D eigenvalue weighted by molar-refractivity contribution is 8.00. The lowest BCUT2D eigenvalue weighted by atomic mass is 10.3. The molecule has 2 N–H and O–H groups in total. The zero-order valence-corrected chi connectivity index (χ0v) is 12.3. The summed E-state index contributed by atoms with van der Waals surface area (Å²) in [5.41, 5.74) is 0. The summed E-state index contributed by atoms with van der Waals surface area (Å²) in [6, 6.07) is 7.31. The Morgan fingerprint density at radius 1 is 1.35 bits per heavy atom. The summed E-state index contributed by atoms with van der Waals surface area (Å²) < 4.78 is 5.24. The second kappa shape index (κ2) is 6.65. The Hall–Kier alpha value is -1.69. The van der Waals surface area contributed by atoms with E-state index in [2.05, 4.69) is 10.6 Å². The van der Waals surface area contributed by atoms with Gasteiger partial charge in [-0.2, -0.15) is 0 Å². The van der Waals surface area contributed by atoms with Crippen molar-refractivity contribution in [3.8, 4) is 5.75 Å². The molecule has 1 atom stereocenters. The Labute approximate surface area is 122 Å². The van der Waals surface area contributed by atoms with E-state index < -0.39 is 6.03 Å². The van der Waals surface area contributed by atoms with E-state index in [1.54, 1.807) is 14.0 Å². The van der Waals surface area contributed by atoms with Crippen LogP contribution in [-0.4, -0.2) is 30.3 Å². The lowest BCUT2D eigenvalue weighted by molar-refractivity contribution is -0.119. The van der Waals surface area contributed by atoms with Gasteiger partial charge in [0.15, 0.2) is 0 Å². The fourth-order valence-electron chi connectivity index (χ4n) is 1.62. The van der Waals surface area contributed by atoms with Crippen LogP contribution in [-0.2, 0) is 4.79 Å². The van der Waals surface area contributed by atoms with Gasteiger partial charge in [0.1, 0.15) is 5.75 Å². The van der Waals surface area contributed by atoms with Crippen molar-refractivity contribution in [1.29, 1.82) is 0 Å². The fourth-order valence-corrected chi connectivity index (χ4v) is 2.59. The number of thioether (sulfide) groups is 1. The minimum Gasteiger partial charge on any atom is -0.496 e. The molecule has 1 aliphatic rings. The molecule has 1 fully saturated rings. The topological polar surface area (TPSA) is 67.4 Å². The molecule has 0 spiro atoms. The number of hydrogen-bond acceptors (Lipinski definition) is 4. The maximum atomic E-state index is 11.9. The molecule has 0 bridgehead atoms. The van der Waals surface area contributed by atoms with E-state index in [4.69, 9.17) is 4.74 Å². The molecule has 1 unspecified atom stereocenters. The van der Waals surface area contributed by atoms with Crippen LogP contribution < -0.4 is 15.4 Å². The highest BCUT2D eigenvalue weighted by Crippen LogP contribution is 2.31. The maximum absolute atomic E-state index is 11.9. The van der Waals surface area contributed by atoms with E-state index in [1.165, 1.54) is 11.8 Å². The molecule has 108 valence electrons. The van der Waals surface area contributed by atoms with Crippen LogP contribution >= 0.6 is 11.8 Å². The molecule has 2 rings (SSSR count). The molecular weight excluding hydrogens is 276 g/mol. The minimum atomic E-state index is -0.412. The average Bonchev–Trinajstić information content (AvgIpc) is 3.22. The molecule has 0 heterocycles. The highest BCUT2D eigenvalue weighted by Gasteiger charge is 2.25. The standard InChI is InChI=1S/C14H18N2O3S/c1-9(13(17)16-14(18)15-10-7-8-10)20-12-6-4-3-5-11(12)19-2/h3-6,9-10H,7-8H2,1-2H3,(H2,15,16,17,18). The molecular formula is C14H18N2O3S. The molecule has 5 nitrogen and oxygen atoms in total. The van der Waals surface area contributed by atoms with Gasteiger partial charge >= 0.3 is 6.03 Å². The van der Waals surface area contributed by atoms with Crippen molar-refractivity contribution in [2.45, 2.75) is 36.0 Å². The van der Waals surface area contributed by atoms with Gasteiger partial charge in [0, 0.05) is 6.04 Å². The molecule has 20 heavy (non-hydrogen) atoms. The van der Waals surface area contributed by atoms with Gasteiger partial charge in [-0.3, -0.25) is 10.1 Å². The molecule has 6 heteroatoms. The Balaban J connectivity index is 1.87. The molecule has 0 aromatic heterocycles. The number of methoxy groups -OCH3 is 1. The molecule has 0 saturated heterocycles. The van der Waals surface area contributed by atoms with E-state index in [1.807, 2.05) is 24.3 Å². The summed E-state index contributed by atoms with van der Waals surface area (Å²) >= 11 is 1.36. The first-order valence-corrected chi connectivity index (χ1v) is 7.39. The SMILES string of the molecule is COc1ccccc1SC(C)C(=O)NC(=O)NC1CC1. The third kappa shape index (κ3) is 4.16. The van der Waals surface area contributed by atoms with Gasteiger partial charge in [-0.05, 0) is 31.9 Å². The average molecular weight is 294 g/mol. The normalized spacial score (nSPS) is 15.3. The Kier molecular flexibility index (Phi) is 4.89. The smallest absolute Gasteiger partial charge is 0.321 e. The third-order valence-corrected chi connectivity index (χ3v) is 4.05. The van der Waals surface area contributed by atoms with Crippen molar-refractivity contribution < 1.29 is 14.3 Å². The summed E-state index contributed by atoms with van der Waals surface area (Å²) in [4.78, 5) is 24.3. The van der Waals surface area contributed by atoms with Crippen molar-refractivity contribution in [3.63, 3.8) is 0 Å². The number of amides is 3. The van der Waals surface area contributed by atoms with Gasteiger partial charge in [-0.25, -0.2) is 4.79 Å². The molecule has 1 aliphatic carbocycles. The van der Waals surface area contributed by atoms with Gasteiger partial charge in [0.05, 0.1) is 17.3 Å². The number of hydrogen-bond donors (Lipinski definition) is 2. The number of imide groups is 1. The van der Waals surface area contributed by atoms with Gasteiger partial charge in [0.2, 0.25) is 5.91 Å². The summed E-state index contributed by atoms with van der Waals surface area (Å²) in [6.45, 7) is 1.76. The number of benzene rings is 1. The van der Waals surface area contributed by atoms with E-state index in [-0.39, 0.29) is 17.2 Å². The first-order chi connectivity index (χ1) is 9.60. The van der Waals surface area contributed by atoms with E-state index in [9.17, 15) is 9.59 Å². The minimum absolute atomic E-state index is 0.236. The second-order valence-electron chi connectivity index (χ2n) is 4.65. The van der Waals surface area contributed by atoms with Gasteiger partial charge in [-0.15, -0.1) is 11.8 Å². The Morgan fingerprint density at radius 3 is 2.70 bits per heavy atom. The van der Waals surface area contributed by atoms with Gasteiger partial charge < -0.3 is 10.1 Å². The van der Waals surface area contributed by atoms with Crippen molar-refractivity contribution in [3.05, 3.63) is 24.3 Å². The molecule has 1 saturated carbocycles. The number of carbonyl (C=O) groups is 2. The summed E-state index contributed by atoms with van der Waals surface area (Å²) in [5.74, 6) is 0.415. The van der Waals surface area contributed by atoms with Crippen molar-refractivity contribution in [1.82, 2.24) is 10.6 Å². The third-order valence-electron chi connectivity index (χ3n) is 2.89. The van der Waals surface area contributed by atoms with Crippen LogP contribution in [0.5, 0.6) is 5.75 Å². The van der Waals surface area contributed by atoms with E-state index >= 15 is 0 Å². The van der Waals surface area contributed by atoms with Crippen molar-refractivity contribution in [2.75, 3.05) is 7.11 Å². The quantitative estimate of drug-likeness (QED) is 0.817. The first-order valence-electron chi connectivity index (χ1n) is 6.51. The maximum Gasteiger partial charge on any atom is 0.321 e. The predicted molar refractivity (Wildman–Crippen MR) is 78.0 cm³/mol. The van der Waals surface area contributed by atoms with Crippen LogP contribution in [0.1, 0.15) is 19.8 Å². The van der Waals surface area contributed by atoms with E-state index in [0.29, 0.717) is 0 Å². The fraction of sp³-hybridized carbons (Fsp3) is 0.429. The number of rotatable bonds is 5. The van der Waals surface area contributed by atoms with Gasteiger partial charge in [0.25, 0.3) is 0 Å². The molecule has 1 aromatic rings. The van der Waals surface area contributed by atoms with Gasteiger partial charge in [-0.1, -0.05) is 12.1 Å². The summed E-state index contributed by atoms with van der Waals surface area (Å²) in [5, 5.41) is 4.70. The second-order valence-corrected chi connectivity index (χ2v) is 6.03. The Morgan fingerprint density at radius 2 is 2.05 bits per heavy atom. The summed E-state index contributed by atoms with van der Waals surface area (Å²) in [6.07, 6.45) is 1.99. The number of para-hydroxylation sites is 1. The summed E-state index contributed by atoms with van der Waals surface area (Å²) in [7, 11) is 1.59. The number of carbonyl (C=O) groups excluding carboxylic acids is 2. The first kappa shape index (κ1) is 14.7. The monoisotopic (exact) mass is 294 g/mol. The lowest BCUT2D eigenvalue weighted by Crippen LogP contribution is -2.43. The van der Waals surface area contributed by atoms with Crippen LogP contribution in [0.3, 0.4) is 0 Å². The zero-order chi connectivity index (χ0) is 14.5. The molecule has 0 radical (unpaired) electrons. The van der Waals surface area contributed by atoms with Crippen LogP contribution in [0.25, 0.3) is 0 Å². The lowest BCUT2D eigenvalue weighted by Gasteiger charge is -2.13. The van der Waals surface area contributed by atoms with Crippen LogP contribution in [0.4, 0.5) is 4.79 Å². The largest absolute Gasteiger partial charge is 0.496 e. The van der Waals surface area contributed by atoms with Crippen molar-refractivity contribution in [2.24, 2.45) is 0 Å². The Bertz CT molecular complexity index is 503. The van der Waals surface area contributed by atoms with Crippen LogP contribution in [0.15, 0.2) is 29.2 Å². The number of urea groups is 1. The number of ether oxygens (including phenoxy) is 1. The molecule has 1 aromatic carbocycles. The van der Waals surface area contributed by atoms with Crippen LogP contribution in [0.2, 0.25) is 0 Å². The highest BCUT2D eigenvalue weighted by atomic mass is 32.2. The van der Waals surface area contributed by atoms with E-state index in [0.717, 1.165) is 23.5 Å². The van der Waals surface area contributed by atoms with Crippen LogP contribution in [0, 0.1) is 0 Å². The van der Waals surface area contributed by atoms with Crippen molar-refractivity contribution >= 4 is 23.7 Å². The zero-order valence-electron chi connectivity index (χ0n) is 11.5.